The summed E-state index contributed by atoms with van der Waals surface area (Å²) in [5, 5.41) is 30.6. The molecule has 5 nitrogen and oxygen atoms in total. The molecule has 1 heterocycles. The van der Waals surface area contributed by atoms with E-state index in [1.807, 2.05) is 6.07 Å². The number of hydrogen-bond donors (Lipinski definition) is 3. The van der Waals surface area contributed by atoms with Crippen LogP contribution in [-0.2, 0) is 0 Å². The highest BCUT2D eigenvalue weighted by atomic mass is 16.3. The summed E-state index contributed by atoms with van der Waals surface area (Å²) in [5.74, 6) is 0. The molecule has 0 saturated carbocycles. The largest absolute Gasteiger partial charge is 0.389 e. The third-order valence-corrected chi connectivity index (χ3v) is 2.01. The van der Waals surface area contributed by atoms with Gasteiger partial charge in [0.2, 0.25) is 0 Å². The molecule has 0 bridgehead atoms. The first-order valence-electron chi connectivity index (χ1n) is 4.54. The van der Waals surface area contributed by atoms with E-state index in [0.717, 1.165) is 0 Å². The maximum absolute atomic E-state index is 9.70. The maximum Gasteiger partial charge on any atom is 0.108 e. The van der Waals surface area contributed by atoms with Crippen LogP contribution in [0.4, 0.5) is 0 Å². The Morgan fingerprint density at radius 1 is 1.53 bits per heavy atom. The molecule has 1 rings (SSSR count). The second-order valence-electron chi connectivity index (χ2n) is 3.19. The minimum absolute atomic E-state index is 0.276. The van der Waals surface area contributed by atoms with Crippen molar-refractivity contribution in [2.24, 2.45) is 0 Å². The van der Waals surface area contributed by atoms with Crippen LogP contribution in [0.25, 0.3) is 0 Å². The zero-order valence-corrected chi connectivity index (χ0v) is 8.38. The molecular formula is C10H13N3O2. The van der Waals surface area contributed by atoms with Gasteiger partial charge in [0.25, 0.3) is 0 Å². The minimum Gasteiger partial charge on any atom is -0.389 e. The number of likely N-dealkylation sites (N-methyl/N-ethyl adjacent to an activating group) is 1. The lowest BCUT2D eigenvalue weighted by atomic mass is 10.1. The fraction of sp³-hybridized carbons (Fsp3) is 0.400. The van der Waals surface area contributed by atoms with Crippen LogP contribution in [0.3, 0.4) is 0 Å². The third kappa shape index (κ3) is 2.99. The monoisotopic (exact) mass is 207 g/mol. The Balaban J connectivity index is 2.82. The van der Waals surface area contributed by atoms with Gasteiger partial charge >= 0.3 is 0 Å². The average molecular weight is 207 g/mol. The van der Waals surface area contributed by atoms with Gasteiger partial charge in [0.15, 0.2) is 0 Å². The van der Waals surface area contributed by atoms with Crippen molar-refractivity contribution in [2.45, 2.75) is 12.2 Å². The SMILES string of the molecule is CNCC(O)C(O)c1cncc(C#N)c1. The summed E-state index contributed by atoms with van der Waals surface area (Å²) in [6.07, 6.45) is 0.898. The van der Waals surface area contributed by atoms with E-state index in [0.29, 0.717) is 11.1 Å². The quantitative estimate of drug-likeness (QED) is 0.623. The first-order chi connectivity index (χ1) is 7.19. The van der Waals surface area contributed by atoms with Gasteiger partial charge in [-0.3, -0.25) is 4.98 Å². The fourth-order valence-electron chi connectivity index (χ4n) is 1.22. The smallest absolute Gasteiger partial charge is 0.108 e. The van der Waals surface area contributed by atoms with Crippen LogP contribution >= 0.6 is 0 Å². The molecule has 1 aromatic heterocycles. The average Bonchev–Trinajstić information content (AvgIpc) is 2.28. The first-order valence-corrected chi connectivity index (χ1v) is 4.54. The van der Waals surface area contributed by atoms with E-state index >= 15 is 0 Å². The summed E-state index contributed by atoms with van der Waals surface area (Å²) in [7, 11) is 1.68. The van der Waals surface area contributed by atoms with Crippen molar-refractivity contribution in [3.05, 3.63) is 29.6 Å². The lowest BCUT2D eigenvalue weighted by Gasteiger charge is -2.17. The lowest BCUT2D eigenvalue weighted by molar-refractivity contribution is 0.0200. The summed E-state index contributed by atoms with van der Waals surface area (Å²) in [4.78, 5) is 3.81. The standard InChI is InChI=1S/C10H13N3O2/c1-12-6-9(14)10(15)8-2-7(3-11)4-13-5-8/h2,4-5,9-10,12,14-15H,6H2,1H3. The van der Waals surface area contributed by atoms with E-state index in [9.17, 15) is 10.2 Å². The van der Waals surface area contributed by atoms with Crippen molar-refractivity contribution in [1.29, 1.82) is 5.26 Å². The van der Waals surface area contributed by atoms with Crippen molar-refractivity contribution < 1.29 is 10.2 Å². The first kappa shape index (κ1) is 11.6. The van der Waals surface area contributed by atoms with E-state index in [1.165, 1.54) is 18.5 Å². The molecule has 3 N–H and O–H groups in total. The number of nitrogens with one attached hydrogen (secondary N) is 1. The van der Waals surface area contributed by atoms with E-state index in [1.54, 1.807) is 7.05 Å². The van der Waals surface area contributed by atoms with Gasteiger partial charge in [-0.1, -0.05) is 0 Å². The third-order valence-electron chi connectivity index (χ3n) is 2.01. The Hall–Kier alpha value is -1.48. The topological polar surface area (TPSA) is 89.2 Å². The van der Waals surface area contributed by atoms with Crippen molar-refractivity contribution in [3.8, 4) is 6.07 Å². The molecule has 2 unspecified atom stereocenters. The molecular weight excluding hydrogens is 194 g/mol. The Morgan fingerprint density at radius 2 is 2.27 bits per heavy atom. The van der Waals surface area contributed by atoms with Crippen LogP contribution in [0.15, 0.2) is 18.5 Å². The molecule has 0 fully saturated rings. The molecule has 2 atom stereocenters. The number of rotatable bonds is 4. The zero-order chi connectivity index (χ0) is 11.3. The van der Waals surface area contributed by atoms with Gasteiger partial charge in [0, 0.05) is 24.5 Å². The van der Waals surface area contributed by atoms with Crippen molar-refractivity contribution in [3.63, 3.8) is 0 Å². The molecule has 0 aliphatic heterocycles. The second-order valence-corrected chi connectivity index (χ2v) is 3.19. The molecule has 0 saturated heterocycles. The van der Waals surface area contributed by atoms with Crippen molar-refractivity contribution >= 4 is 0 Å². The summed E-state index contributed by atoms with van der Waals surface area (Å²) in [6.45, 7) is 0.276. The molecule has 0 radical (unpaired) electrons. The van der Waals surface area contributed by atoms with E-state index < -0.39 is 12.2 Å². The second kappa shape index (κ2) is 5.41. The highest BCUT2D eigenvalue weighted by Crippen LogP contribution is 2.16. The van der Waals surface area contributed by atoms with Crippen molar-refractivity contribution in [1.82, 2.24) is 10.3 Å². The van der Waals surface area contributed by atoms with Crippen LogP contribution in [0.1, 0.15) is 17.2 Å². The van der Waals surface area contributed by atoms with Crippen LogP contribution < -0.4 is 5.32 Å². The van der Waals surface area contributed by atoms with E-state index in [-0.39, 0.29) is 6.54 Å². The summed E-state index contributed by atoms with van der Waals surface area (Å²) in [5.41, 5.74) is 0.806. The highest BCUT2D eigenvalue weighted by molar-refractivity contribution is 5.30. The molecule has 15 heavy (non-hydrogen) atoms. The molecule has 0 amide bonds. The predicted molar refractivity (Wildman–Crippen MR) is 53.8 cm³/mol. The van der Waals surface area contributed by atoms with Crippen LogP contribution in [0.5, 0.6) is 0 Å². The van der Waals surface area contributed by atoms with Gasteiger partial charge in [-0.15, -0.1) is 0 Å². The molecule has 80 valence electrons. The van der Waals surface area contributed by atoms with E-state index in [2.05, 4.69) is 10.3 Å². The predicted octanol–water partition coefficient (Wildman–Crippen LogP) is -0.433. The van der Waals surface area contributed by atoms with Crippen LogP contribution in [-0.4, -0.2) is 34.9 Å². The summed E-state index contributed by atoms with van der Waals surface area (Å²) >= 11 is 0. The normalized spacial score (nSPS) is 14.3. The van der Waals surface area contributed by atoms with Crippen molar-refractivity contribution in [2.75, 3.05) is 13.6 Å². The summed E-state index contributed by atoms with van der Waals surface area (Å²) in [6, 6.07) is 3.43. The number of aromatic nitrogens is 1. The number of nitriles is 1. The Morgan fingerprint density at radius 3 is 2.87 bits per heavy atom. The number of pyridine rings is 1. The minimum atomic E-state index is -1.03. The Bertz CT molecular complexity index is 362. The van der Waals surface area contributed by atoms with Gasteiger partial charge in [-0.05, 0) is 13.1 Å². The van der Waals surface area contributed by atoms with Gasteiger partial charge in [0.05, 0.1) is 11.7 Å². The molecule has 0 aliphatic rings. The molecule has 5 heteroatoms. The number of hydrogen-bond acceptors (Lipinski definition) is 5. The zero-order valence-electron chi connectivity index (χ0n) is 8.38. The molecule has 1 aromatic rings. The number of aliphatic hydroxyl groups is 2. The fourth-order valence-corrected chi connectivity index (χ4v) is 1.22. The molecule has 0 aliphatic carbocycles. The van der Waals surface area contributed by atoms with Crippen LogP contribution in [0.2, 0.25) is 0 Å². The maximum atomic E-state index is 9.70. The molecule has 0 aromatic carbocycles. The summed E-state index contributed by atoms with van der Waals surface area (Å²) < 4.78 is 0. The number of aliphatic hydroxyl groups excluding tert-OH is 2. The van der Waals surface area contributed by atoms with E-state index in [4.69, 9.17) is 5.26 Å². The van der Waals surface area contributed by atoms with Gasteiger partial charge in [-0.2, -0.15) is 5.26 Å². The Labute approximate surface area is 88.0 Å². The Kier molecular flexibility index (Phi) is 4.18. The number of nitrogens with zero attached hydrogens (tertiary/aromatic N) is 2. The van der Waals surface area contributed by atoms with Gasteiger partial charge in [-0.25, -0.2) is 0 Å². The van der Waals surface area contributed by atoms with Gasteiger partial charge in [0.1, 0.15) is 12.2 Å². The highest BCUT2D eigenvalue weighted by Gasteiger charge is 2.17. The van der Waals surface area contributed by atoms with Gasteiger partial charge < -0.3 is 15.5 Å². The lowest BCUT2D eigenvalue weighted by Crippen LogP contribution is -2.29. The van der Waals surface area contributed by atoms with Crippen LogP contribution in [0, 0.1) is 11.3 Å². The molecule has 0 spiro atoms.